The summed E-state index contributed by atoms with van der Waals surface area (Å²) < 4.78 is 0. The molecule has 2 atom stereocenters. The molecule has 0 amide bonds. The lowest BCUT2D eigenvalue weighted by molar-refractivity contribution is 0.0164. The van der Waals surface area contributed by atoms with Crippen LogP contribution in [-0.2, 0) is 13.0 Å². The zero-order valence-corrected chi connectivity index (χ0v) is 10.5. The van der Waals surface area contributed by atoms with Crippen molar-refractivity contribution in [3.05, 3.63) is 34.9 Å². The van der Waals surface area contributed by atoms with Gasteiger partial charge in [0.2, 0.25) is 0 Å². The lowest BCUT2D eigenvalue weighted by Crippen LogP contribution is -2.27. The summed E-state index contributed by atoms with van der Waals surface area (Å²) in [7, 11) is 0. The highest BCUT2D eigenvalue weighted by atomic mass is 35.5. The molecule has 0 aliphatic carbocycles. The van der Waals surface area contributed by atoms with E-state index in [0.717, 1.165) is 25.1 Å². The molecule has 0 fully saturated rings. The fourth-order valence-electron chi connectivity index (χ4n) is 2.32. The molecular weight excluding hydrogens is 238 g/mol. The highest BCUT2D eigenvalue weighted by Crippen LogP contribution is 2.27. The first kappa shape index (κ1) is 12.8. The molecule has 0 saturated heterocycles. The number of halogens is 1. The minimum absolute atomic E-state index is 0.356. The van der Waals surface area contributed by atoms with E-state index in [0.29, 0.717) is 12.3 Å². The fourth-order valence-corrected chi connectivity index (χ4v) is 2.54. The van der Waals surface area contributed by atoms with Gasteiger partial charge in [0.25, 0.3) is 0 Å². The van der Waals surface area contributed by atoms with Crippen LogP contribution >= 0.6 is 11.6 Å². The molecule has 94 valence electrons. The molecule has 17 heavy (non-hydrogen) atoms. The van der Waals surface area contributed by atoms with E-state index in [2.05, 4.69) is 11.4 Å². The van der Waals surface area contributed by atoms with Gasteiger partial charge in [-0.05, 0) is 36.1 Å². The Morgan fingerprint density at radius 3 is 2.94 bits per heavy atom. The molecule has 1 aliphatic heterocycles. The monoisotopic (exact) mass is 255 g/mol. The molecule has 4 heteroatoms. The number of fused-ring (bicyclic) bond motifs is 1. The van der Waals surface area contributed by atoms with Gasteiger partial charge in [0.15, 0.2) is 0 Å². The standard InChI is InChI=1S/C13H18ClNO2/c14-6-4-12(16)13(17)11-3-1-2-9-8-15-7-5-10(9)11/h1-3,12-13,15-17H,4-8H2. The van der Waals surface area contributed by atoms with Gasteiger partial charge in [-0.2, -0.15) is 0 Å². The molecule has 0 aromatic heterocycles. The molecule has 1 aromatic carbocycles. The van der Waals surface area contributed by atoms with Crippen LogP contribution in [0.25, 0.3) is 0 Å². The van der Waals surface area contributed by atoms with Crippen LogP contribution in [0, 0.1) is 0 Å². The number of aliphatic hydroxyl groups is 2. The second kappa shape index (κ2) is 5.83. The van der Waals surface area contributed by atoms with Crippen molar-refractivity contribution in [2.75, 3.05) is 12.4 Å². The summed E-state index contributed by atoms with van der Waals surface area (Å²) in [5.41, 5.74) is 3.24. The van der Waals surface area contributed by atoms with Crippen LogP contribution in [0.4, 0.5) is 0 Å². The molecule has 3 nitrogen and oxygen atoms in total. The molecule has 0 saturated carbocycles. The van der Waals surface area contributed by atoms with Crippen LogP contribution < -0.4 is 5.32 Å². The van der Waals surface area contributed by atoms with Crippen molar-refractivity contribution < 1.29 is 10.2 Å². The first-order valence-electron chi connectivity index (χ1n) is 5.97. The molecule has 0 radical (unpaired) electrons. The summed E-state index contributed by atoms with van der Waals surface area (Å²) >= 11 is 5.59. The summed E-state index contributed by atoms with van der Waals surface area (Å²) in [6.45, 7) is 1.75. The number of nitrogens with one attached hydrogen (secondary N) is 1. The summed E-state index contributed by atoms with van der Waals surface area (Å²) in [6.07, 6.45) is -0.309. The molecular formula is C13H18ClNO2. The summed E-state index contributed by atoms with van der Waals surface area (Å²) in [5, 5.41) is 23.3. The Kier molecular flexibility index (Phi) is 4.40. The summed E-state index contributed by atoms with van der Waals surface area (Å²) in [6, 6.07) is 5.88. The lowest BCUT2D eigenvalue weighted by atomic mass is 9.90. The number of hydrogen-bond donors (Lipinski definition) is 3. The molecule has 1 aromatic rings. The van der Waals surface area contributed by atoms with Crippen molar-refractivity contribution in [3.63, 3.8) is 0 Å². The first-order chi connectivity index (χ1) is 8.24. The Labute approximate surface area is 106 Å². The predicted molar refractivity (Wildman–Crippen MR) is 68.2 cm³/mol. The Hall–Kier alpha value is -0.610. The van der Waals surface area contributed by atoms with Gasteiger partial charge in [0.1, 0.15) is 6.10 Å². The molecule has 0 bridgehead atoms. The van der Waals surface area contributed by atoms with Gasteiger partial charge in [-0.1, -0.05) is 18.2 Å². The van der Waals surface area contributed by atoms with Gasteiger partial charge in [-0.3, -0.25) is 0 Å². The van der Waals surface area contributed by atoms with Gasteiger partial charge in [0.05, 0.1) is 6.10 Å². The van der Waals surface area contributed by atoms with Crippen molar-refractivity contribution >= 4 is 11.6 Å². The third kappa shape index (κ3) is 2.80. The lowest BCUT2D eigenvalue weighted by Gasteiger charge is -2.25. The SMILES string of the molecule is OC(CCCl)C(O)c1cccc2c1CCNC2. The average Bonchev–Trinajstić information content (AvgIpc) is 2.37. The maximum atomic E-state index is 10.1. The number of hydrogen-bond acceptors (Lipinski definition) is 3. The van der Waals surface area contributed by atoms with Gasteiger partial charge in [-0.25, -0.2) is 0 Å². The molecule has 2 rings (SSSR count). The highest BCUT2D eigenvalue weighted by Gasteiger charge is 2.22. The number of alkyl halides is 1. The van der Waals surface area contributed by atoms with Crippen molar-refractivity contribution in [3.8, 4) is 0 Å². The van der Waals surface area contributed by atoms with E-state index in [4.69, 9.17) is 11.6 Å². The van der Waals surface area contributed by atoms with Crippen LogP contribution in [0.15, 0.2) is 18.2 Å². The van der Waals surface area contributed by atoms with Crippen LogP contribution in [0.5, 0.6) is 0 Å². The van der Waals surface area contributed by atoms with Crippen LogP contribution in [-0.4, -0.2) is 28.7 Å². The van der Waals surface area contributed by atoms with Gasteiger partial charge < -0.3 is 15.5 Å². The number of rotatable bonds is 4. The fraction of sp³-hybridized carbons (Fsp3) is 0.538. The minimum Gasteiger partial charge on any atom is -0.390 e. The highest BCUT2D eigenvalue weighted by molar-refractivity contribution is 6.17. The average molecular weight is 256 g/mol. The van der Waals surface area contributed by atoms with Crippen molar-refractivity contribution in [2.45, 2.75) is 31.6 Å². The van der Waals surface area contributed by atoms with Gasteiger partial charge >= 0.3 is 0 Å². The third-order valence-electron chi connectivity index (χ3n) is 3.26. The predicted octanol–water partition coefficient (Wildman–Crippen LogP) is 1.36. The molecule has 2 unspecified atom stereocenters. The van der Waals surface area contributed by atoms with E-state index in [-0.39, 0.29) is 0 Å². The van der Waals surface area contributed by atoms with E-state index in [9.17, 15) is 10.2 Å². The largest absolute Gasteiger partial charge is 0.390 e. The van der Waals surface area contributed by atoms with E-state index in [1.807, 2.05) is 12.1 Å². The minimum atomic E-state index is -0.832. The quantitative estimate of drug-likeness (QED) is 0.712. The topological polar surface area (TPSA) is 52.5 Å². The maximum absolute atomic E-state index is 10.1. The smallest absolute Gasteiger partial charge is 0.105 e. The van der Waals surface area contributed by atoms with E-state index < -0.39 is 12.2 Å². The van der Waals surface area contributed by atoms with Crippen LogP contribution in [0.3, 0.4) is 0 Å². The third-order valence-corrected chi connectivity index (χ3v) is 3.48. The number of benzene rings is 1. The second-order valence-electron chi connectivity index (χ2n) is 4.40. The number of aliphatic hydroxyl groups excluding tert-OH is 2. The Balaban J connectivity index is 2.25. The van der Waals surface area contributed by atoms with Crippen molar-refractivity contribution in [2.24, 2.45) is 0 Å². The molecule has 1 heterocycles. The normalized spacial score (nSPS) is 18.5. The van der Waals surface area contributed by atoms with E-state index in [1.165, 1.54) is 11.1 Å². The summed E-state index contributed by atoms with van der Waals surface area (Å²) in [4.78, 5) is 0. The zero-order chi connectivity index (χ0) is 12.3. The van der Waals surface area contributed by atoms with Gasteiger partial charge in [-0.15, -0.1) is 11.6 Å². The van der Waals surface area contributed by atoms with E-state index >= 15 is 0 Å². The van der Waals surface area contributed by atoms with Crippen molar-refractivity contribution in [1.82, 2.24) is 5.32 Å². The van der Waals surface area contributed by atoms with E-state index in [1.54, 1.807) is 0 Å². The second-order valence-corrected chi connectivity index (χ2v) is 4.78. The zero-order valence-electron chi connectivity index (χ0n) is 9.69. The Morgan fingerprint density at radius 1 is 1.35 bits per heavy atom. The summed E-state index contributed by atoms with van der Waals surface area (Å²) in [5.74, 6) is 0.356. The molecule has 0 spiro atoms. The Morgan fingerprint density at radius 2 is 2.18 bits per heavy atom. The van der Waals surface area contributed by atoms with Gasteiger partial charge in [0, 0.05) is 12.4 Å². The molecule has 3 N–H and O–H groups in total. The van der Waals surface area contributed by atoms with Crippen LogP contribution in [0.2, 0.25) is 0 Å². The first-order valence-corrected chi connectivity index (χ1v) is 6.51. The molecule has 1 aliphatic rings. The van der Waals surface area contributed by atoms with Crippen LogP contribution in [0.1, 0.15) is 29.2 Å². The van der Waals surface area contributed by atoms with Crippen molar-refractivity contribution in [1.29, 1.82) is 0 Å². The maximum Gasteiger partial charge on any atom is 0.105 e. The Bertz CT molecular complexity index is 384.